The molecule has 118 valence electrons. The SMILES string of the molecule is Cc1noc(C)c1CCC(=O)N1CCC[C@@](O)(CO)CC1. The monoisotopic (exact) mass is 296 g/mol. The Labute approximate surface area is 124 Å². The third kappa shape index (κ3) is 3.83. The number of hydrogen-bond acceptors (Lipinski definition) is 5. The van der Waals surface area contributed by atoms with Gasteiger partial charge in [0.25, 0.3) is 0 Å². The number of aliphatic hydroxyl groups excluding tert-OH is 1. The number of likely N-dealkylation sites (tertiary alicyclic amines) is 1. The van der Waals surface area contributed by atoms with Crippen LogP contribution in [-0.2, 0) is 11.2 Å². The van der Waals surface area contributed by atoms with Crippen molar-refractivity contribution < 1.29 is 19.5 Å². The molecule has 0 radical (unpaired) electrons. The molecule has 0 unspecified atom stereocenters. The van der Waals surface area contributed by atoms with E-state index in [-0.39, 0.29) is 12.5 Å². The van der Waals surface area contributed by atoms with Crippen molar-refractivity contribution in [2.75, 3.05) is 19.7 Å². The van der Waals surface area contributed by atoms with Crippen LogP contribution < -0.4 is 0 Å². The fraction of sp³-hybridized carbons (Fsp3) is 0.733. The molecule has 2 rings (SSSR count). The van der Waals surface area contributed by atoms with Crippen LogP contribution in [0.1, 0.15) is 42.7 Å². The molecule has 2 N–H and O–H groups in total. The summed E-state index contributed by atoms with van der Waals surface area (Å²) >= 11 is 0. The van der Waals surface area contributed by atoms with Crippen LogP contribution in [0.4, 0.5) is 0 Å². The summed E-state index contributed by atoms with van der Waals surface area (Å²) in [6.07, 6.45) is 2.73. The maximum absolute atomic E-state index is 12.3. The standard InChI is InChI=1S/C15H24N2O4/c1-11-13(12(2)21-16-11)4-5-14(19)17-8-3-6-15(20,10-18)7-9-17/h18,20H,3-10H2,1-2H3/t15-/m0/s1. The van der Waals surface area contributed by atoms with Gasteiger partial charge in [0.2, 0.25) is 5.91 Å². The lowest BCUT2D eigenvalue weighted by Gasteiger charge is -2.24. The van der Waals surface area contributed by atoms with Gasteiger partial charge >= 0.3 is 0 Å². The highest BCUT2D eigenvalue weighted by molar-refractivity contribution is 5.76. The second-order valence-electron chi connectivity index (χ2n) is 5.92. The summed E-state index contributed by atoms with van der Waals surface area (Å²) in [5.74, 6) is 0.850. The second-order valence-corrected chi connectivity index (χ2v) is 5.92. The van der Waals surface area contributed by atoms with E-state index in [0.717, 1.165) is 17.0 Å². The van der Waals surface area contributed by atoms with E-state index in [1.807, 2.05) is 13.8 Å². The minimum atomic E-state index is -1.03. The third-order valence-electron chi connectivity index (χ3n) is 4.33. The number of aromatic nitrogens is 1. The van der Waals surface area contributed by atoms with E-state index < -0.39 is 5.60 Å². The molecule has 1 atom stereocenters. The number of hydrogen-bond donors (Lipinski definition) is 2. The summed E-state index contributed by atoms with van der Waals surface area (Å²) in [6, 6.07) is 0. The number of carbonyl (C=O) groups excluding carboxylic acids is 1. The van der Waals surface area contributed by atoms with Crippen LogP contribution >= 0.6 is 0 Å². The van der Waals surface area contributed by atoms with Crippen molar-refractivity contribution in [3.8, 4) is 0 Å². The molecule has 1 aliphatic rings. The van der Waals surface area contributed by atoms with Gasteiger partial charge in [-0.05, 0) is 39.5 Å². The van der Waals surface area contributed by atoms with E-state index in [2.05, 4.69) is 5.16 Å². The van der Waals surface area contributed by atoms with Crippen molar-refractivity contribution in [3.63, 3.8) is 0 Å². The van der Waals surface area contributed by atoms with Gasteiger partial charge < -0.3 is 19.6 Å². The number of nitrogens with zero attached hydrogens (tertiary/aromatic N) is 2. The Hall–Kier alpha value is -1.40. The van der Waals surface area contributed by atoms with Gasteiger partial charge in [-0.25, -0.2) is 0 Å². The summed E-state index contributed by atoms with van der Waals surface area (Å²) in [7, 11) is 0. The van der Waals surface area contributed by atoms with E-state index in [1.165, 1.54) is 0 Å². The van der Waals surface area contributed by atoms with Crippen molar-refractivity contribution in [1.29, 1.82) is 0 Å². The Morgan fingerprint density at radius 3 is 2.76 bits per heavy atom. The first-order chi connectivity index (χ1) is 9.95. The van der Waals surface area contributed by atoms with Gasteiger partial charge in [0.1, 0.15) is 5.76 Å². The minimum Gasteiger partial charge on any atom is -0.393 e. The van der Waals surface area contributed by atoms with E-state index in [9.17, 15) is 15.0 Å². The van der Waals surface area contributed by atoms with Crippen molar-refractivity contribution in [3.05, 3.63) is 17.0 Å². The number of amides is 1. The Balaban J connectivity index is 1.89. The average Bonchev–Trinajstić information content (AvgIpc) is 2.67. The van der Waals surface area contributed by atoms with E-state index >= 15 is 0 Å². The molecule has 0 saturated carbocycles. The van der Waals surface area contributed by atoms with Gasteiger partial charge in [-0.2, -0.15) is 0 Å². The Kier molecular flexibility index (Phi) is 5.00. The van der Waals surface area contributed by atoms with Crippen LogP contribution in [0.3, 0.4) is 0 Å². The molecule has 1 aromatic heterocycles. The van der Waals surface area contributed by atoms with E-state index in [1.54, 1.807) is 4.90 Å². The highest BCUT2D eigenvalue weighted by atomic mass is 16.5. The molecule has 6 heteroatoms. The first kappa shape index (κ1) is 16.0. The van der Waals surface area contributed by atoms with Crippen LogP contribution in [0.15, 0.2) is 4.52 Å². The molecule has 0 aliphatic carbocycles. The average molecular weight is 296 g/mol. The minimum absolute atomic E-state index is 0.0807. The quantitative estimate of drug-likeness (QED) is 0.864. The van der Waals surface area contributed by atoms with Gasteiger partial charge in [0.15, 0.2) is 0 Å². The lowest BCUT2D eigenvalue weighted by atomic mass is 9.96. The number of aliphatic hydroxyl groups is 2. The van der Waals surface area contributed by atoms with E-state index in [4.69, 9.17) is 4.52 Å². The predicted molar refractivity (Wildman–Crippen MR) is 76.8 cm³/mol. The second kappa shape index (κ2) is 6.58. The molecule has 21 heavy (non-hydrogen) atoms. The lowest BCUT2D eigenvalue weighted by molar-refractivity contribution is -0.131. The normalized spacial score (nSPS) is 23.1. The molecule has 0 spiro atoms. The fourth-order valence-electron chi connectivity index (χ4n) is 2.84. The van der Waals surface area contributed by atoms with Crippen molar-refractivity contribution in [2.24, 2.45) is 0 Å². The Morgan fingerprint density at radius 1 is 1.38 bits per heavy atom. The van der Waals surface area contributed by atoms with Crippen LogP contribution in [0.2, 0.25) is 0 Å². The van der Waals surface area contributed by atoms with Gasteiger partial charge in [0.05, 0.1) is 17.9 Å². The number of rotatable bonds is 4. The molecular formula is C15H24N2O4. The van der Waals surface area contributed by atoms with E-state index in [0.29, 0.717) is 45.2 Å². The first-order valence-electron chi connectivity index (χ1n) is 7.48. The number of carbonyl (C=O) groups is 1. The Morgan fingerprint density at radius 2 is 2.14 bits per heavy atom. The zero-order chi connectivity index (χ0) is 15.5. The molecule has 1 aliphatic heterocycles. The largest absolute Gasteiger partial charge is 0.393 e. The van der Waals surface area contributed by atoms with Crippen molar-refractivity contribution in [1.82, 2.24) is 10.1 Å². The molecule has 1 saturated heterocycles. The van der Waals surface area contributed by atoms with Crippen LogP contribution in [0.5, 0.6) is 0 Å². The summed E-state index contributed by atoms with van der Waals surface area (Å²) in [4.78, 5) is 14.1. The summed E-state index contributed by atoms with van der Waals surface area (Å²) < 4.78 is 5.10. The zero-order valence-corrected chi connectivity index (χ0v) is 12.8. The maximum Gasteiger partial charge on any atom is 0.222 e. The molecule has 1 aromatic rings. The Bertz CT molecular complexity index is 480. The maximum atomic E-state index is 12.3. The van der Waals surface area contributed by atoms with Gasteiger partial charge in [-0.15, -0.1) is 0 Å². The topological polar surface area (TPSA) is 86.8 Å². The molecule has 1 amide bonds. The first-order valence-corrected chi connectivity index (χ1v) is 7.48. The third-order valence-corrected chi connectivity index (χ3v) is 4.33. The van der Waals surface area contributed by atoms with Gasteiger partial charge in [-0.3, -0.25) is 4.79 Å². The molecule has 6 nitrogen and oxygen atoms in total. The molecule has 0 bridgehead atoms. The fourth-order valence-corrected chi connectivity index (χ4v) is 2.84. The predicted octanol–water partition coefficient (Wildman–Crippen LogP) is 0.960. The summed E-state index contributed by atoms with van der Waals surface area (Å²) in [5.41, 5.74) is 0.812. The molecular weight excluding hydrogens is 272 g/mol. The van der Waals surface area contributed by atoms with Crippen LogP contribution in [0.25, 0.3) is 0 Å². The highest BCUT2D eigenvalue weighted by Crippen LogP contribution is 2.22. The molecule has 1 fully saturated rings. The zero-order valence-electron chi connectivity index (χ0n) is 12.8. The lowest BCUT2D eigenvalue weighted by Crippen LogP contribution is -2.36. The number of aryl methyl sites for hydroxylation is 2. The van der Waals surface area contributed by atoms with Gasteiger partial charge in [-0.1, -0.05) is 5.16 Å². The summed E-state index contributed by atoms with van der Waals surface area (Å²) in [6.45, 7) is 4.63. The smallest absolute Gasteiger partial charge is 0.222 e. The van der Waals surface area contributed by atoms with Gasteiger partial charge in [0, 0.05) is 25.1 Å². The van der Waals surface area contributed by atoms with Crippen molar-refractivity contribution in [2.45, 2.75) is 51.6 Å². The van der Waals surface area contributed by atoms with Crippen LogP contribution in [0, 0.1) is 13.8 Å². The highest BCUT2D eigenvalue weighted by Gasteiger charge is 2.30. The summed E-state index contributed by atoms with van der Waals surface area (Å²) in [5, 5.41) is 23.2. The van der Waals surface area contributed by atoms with Crippen LogP contribution in [-0.4, -0.2) is 51.5 Å². The van der Waals surface area contributed by atoms with Crippen molar-refractivity contribution >= 4 is 5.91 Å². The molecule has 0 aromatic carbocycles. The molecule has 2 heterocycles.